The van der Waals surface area contributed by atoms with Crippen LogP contribution in [0, 0.1) is 0 Å². The van der Waals surface area contributed by atoms with Crippen LogP contribution in [0.3, 0.4) is 0 Å². The number of amides is 3. The molecule has 0 aliphatic carbocycles. The molecule has 2 rings (SSSR count). The predicted octanol–water partition coefficient (Wildman–Crippen LogP) is 0.168. The minimum absolute atomic E-state index is 0.0755. The highest BCUT2D eigenvalue weighted by atomic mass is 16.2. The molecular weight excluding hydrogens is 234 g/mol. The van der Waals surface area contributed by atoms with Crippen LogP contribution in [0.25, 0.3) is 0 Å². The van der Waals surface area contributed by atoms with Crippen LogP contribution >= 0.6 is 0 Å². The fourth-order valence-electron chi connectivity index (χ4n) is 1.97. The second-order valence-corrected chi connectivity index (χ2v) is 4.53. The molecule has 0 saturated carbocycles. The number of nitrogens with zero attached hydrogens (tertiary/aromatic N) is 2. The van der Waals surface area contributed by atoms with Gasteiger partial charge in [-0.2, -0.15) is 0 Å². The van der Waals surface area contributed by atoms with E-state index in [1.54, 1.807) is 12.1 Å². The highest BCUT2D eigenvalue weighted by Gasteiger charge is 2.28. The first-order valence-electron chi connectivity index (χ1n) is 5.78. The van der Waals surface area contributed by atoms with Crippen molar-refractivity contribution in [2.24, 2.45) is 0 Å². The first-order valence-corrected chi connectivity index (χ1v) is 5.78. The molecule has 3 amide bonds. The molecule has 0 bridgehead atoms. The molecule has 6 heteroatoms. The van der Waals surface area contributed by atoms with Crippen molar-refractivity contribution in [1.29, 1.82) is 0 Å². The number of aromatic nitrogens is 1. The number of carbonyl (C=O) groups is 3. The van der Waals surface area contributed by atoms with Crippen LogP contribution in [0.1, 0.15) is 30.4 Å². The van der Waals surface area contributed by atoms with Crippen molar-refractivity contribution in [3.8, 4) is 0 Å². The van der Waals surface area contributed by atoms with Gasteiger partial charge in [0.15, 0.2) is 0 Å². The summed E-state index contributed by atoms with van der Waals surface area (Å²) in [6, 6.07) is 3.62. The van der Waals surface area contributed by atoms with Crippen LogP contribution in [-0.2, 0) is 9.59 Å². The van der Waals surface area contributed by atoms with E-state index in [1.807, 2.05) is 24.6 Å². The van der Waals surface area contributed by atoms with Crippen molar-refractivity contribution in [3.05, 3.63) is 24.0 Å². The number of carbonyl (C=O) groups excluding carboxylic acids is 3. The van der Waals surface area contributed by atoms with Crippen LogP contribution in [-0.4, -0.2) is 40.3 Å². The first kappa shape index (κ1) is 12.3. The standard InChI is InChI=1S/C12H15N3O3/c1-8(2)15-5-3-4-9(15)12(18)14-6-10(16)13-11(17)7-14/h3-5,8H,6-7H2,1-2H3,(H,13,16,17). The lowest BCUT2D eigenvalue weighted by atomic mass is 10.2. The number of rotatable bonds is 2. The molecule has 0 radical (unpaired) electrons. The Morgan fingerprint density at radius 1 is 1.28 bits per heavy atom. The van der Waals surface area contributed by atoms with E-state index in [9.17, 15) is 14.4 Å². The Morgan fingerprint density at radius 3 is 2.44 bits per heavy atom. The summed E-state index contributed by atoms with van der Waals surface area (Å²) in [5, 5.41) is 2.17. The van der Waals surface area contributed by atoms with Crippen molar-refractivity contribution in [2.45, 2.75) is 19.9 Å². The van der Waals surface area contributed by atoms with Crippen LogP contribution < -0.4 is 5.32 Å². The Bertz CT molecular complexity index is 488. The molecular formula is C12H15N3O3. The SMILES string of the molecule is CC(C)n1cccc1C(=O)N1CC(=O)NC(=O)C1. The first-order chi connectivity index (χ1) is 8.49. The maximum atomic E-state index is 12.3. The number of imide groups is 1. The molecule has 0 aromatic carbocycles. The second-order valence-electron chi connectivity index (χ2n) is 4.53. The zero-order chi connectivity index (χ0) is 13.3. The summed E-state index contributed by atoms with van der Waals surface area (Å²) in [7, 11) is 0. The van der Waals surface area contributed by atoms with E-state index < -0.39 is 11.8 Å². The lowest BCUT2D eigenvalue weighted by Crippen LogP contribution is -2.53. The van der Waals surface area contributed by atoms with Gasteiger partial charge in [0.1, 0.15) is 18.8 Å². The van der Waals surface area contributed by atoms with E-state index in [0.29, 0.717) is 5.69 Å². The van der Waals surface area contributed by atoms with Crippen LogP contribution in [0.15, 0.2) is 18.3 Å². The topological polar surface area (TPSA) is 71.4 Å². The minimum Gasteiger partial charge on any atom is -0.341 e. The third-order valence-corrected chi connectivity index (χ3v) is 2.79. The van der Waals surface area contributed by atoms with Gasteiger partial charge in [0.05, 0.1) is 0 Å². The Labute approximate surface area is 105 Å². The molecule has 1 aliphatic heterocycles. The average molecular weight is 249 g/mol. The third kappa shape index (κ3) is 2.27. The summed E-state index contributed by atoms with van der Waals surface area (Å²) in [4.78, 5) is 36.0. The molecule has 1 aromatic heterocycles. The smallest absolute Gasteiger partial charge is 0.271 e. The Balaban J connectivity index is 2.23. The lowest BCUT2D eigenvalue weighted by Gasteiger charge is -2.26. The maximum absolute atomic E-state index is 12.3. The Hall–Kier alpha value is -2.11. The summed E-state index contributed by atoms with van der Waals surface area (Å²) < 4.78 is 1.82. The molecule has 1 aliphatic rings. The van der Waals surface area contributed by atoms with Gasteiger partial charge in [-0.3, -0.25) is 19.7 Å². The molecule has 96 valence electrons. The van der Waals surface area contributed by atoms with Gasteiger partial charge in [0.25, 0.3) is 5.91 Å². The molecule has 18 heavy (non-hydrogen) atoms. The molecule has 1 saturated heterocycles. The molecule has 0 unspecified atom stereocenters. The summed E-state index contributed by atoms with van der Waals surface area (Å²) in [5.74, 6) is -1.18. The van der Waals surface area contributed by atoms with E-state index >= 15 is 0 Å². The van der Waals surface area contributed by atoms with Gasteiger partial charge in [0, 0.05) is 12.2 Å². The largest absolute Gasteiger partial charge is 0.341 e. The van der Waals surface area contributed by atoms with Gasteiger partial charge in [-0.05, 0) is 26.0 Å². The summed E-state index contributed by atoms with van der Waals surface area (Å²) >= 11 is 0. The quantitative estimate of drug-likeness (QED) is 0.759. The monoisotopic (exact) mass is 249 g/mol. The van der Waals surface area contributed by atoms with E-state index in [-0.39, 0.29) is 25.0 Å². The van der Waals surface area contributed by atoms with Crippen molar-refractivity contribution in [2.75, 3.05) is 13.1 Å². The maximum Gasteiger partial charge on any atom is 0.271 e. The molecule has 1 N–H and O–H groups in total. The molecule has 0 spiro atoms. The van der Waals surface area contributed by atoms with Gasteiger partial charge in [-0.25, -0.2) is 0 Å². The highest BCUT2D eigenvalue weighted by molar-refractivity contribution is 6.05. The summed E-state index contributed by atoms with van der Waals surface area (Å²) in [5.41, 5.74) is 0.493. The number of nitrogens with one attached hydrogen (secondary N) is 1. The minimum atomic E-state index is -0.442. The molecule has 2 heterocycles. The zero-order valence-electron chi connectivity index (χ0n) is 10.3. The van der Waals surface area contributed by atoms with E-state index in [0.717, 1.165) is 0 Å². The second kappa shape index (κ2) is 4.64. The highest BCUT2D eigenvalue weighted by Crippen LogP contribution is 2.13. The third-order valence-electron chi connectivity index (χ3n) is 2.79. The van der Waals surface area contributed by atoms with Crippen molar-refractivity contribution in [1.82, 2.24) is 14.8 Å². The fraction of sp³-hybridized carbons (Fsp3) is 0.417. The van der Waals surface area contributed by atoms with Crippen molar-refractivity contribution >= 4 is 17.7 Å². The van der Waals surface area contributed by atoms with Gasteiger partial charge in [-0.1, -0.05) is 0 Å². The van der Waals surface area contributed by atoms with Crippen LogP contribution in [0.2, 0.25) is 0 Å². The zero-order valence-corrected chi connectivity index (χ0v) is 10.3. The van der Waals surface area contributed by atoms with E-state index in [1.165, 1.54) is 4.90 Å². The summed E-state index contributed by atoms with van der Waals surface area (Å²) in [6.07, 6.45) is 1.81. The number of hydrogen-bond donors (Lipinski definition) is 1. The van der Waals surface area contributed by atoms with Crippen molar-refractivity contribution in [3.63, 3.8) is 0 Å². The molecule has 1 aromatic rings. The Kier molecular flexibility index (Phi) is 3.18. The van der Waals surface area contributed by atoms with Gasteiger partial charge in [0.2, 0.25) is 11.8 Å². The predicted molar refractivity (Wildman–Crippen MR) is 63.9 cm³/mol. The van der Waals surface area contributed by atoms with Gasteiger partial charge < -0.3 is 9.47 Å². The van der Waals surface area contributed by atoms with Crippen LogP contribution in [0.4, 0.5) is 0 Å². The van der Waals surface area contributed by atoms with Crippen molar-refractivity contribution < 1.29 is 14.4 Å². The molecule has 1 fully saturated rings. The van der Waals surface area contributed by atoms with E-state index in [4.69, 9.17) is 0 Å². The normalized spacial score (nSPS) is 16.1. The number of hydrogen-bond acceptors (Lipinski definition) is 3. The molecule has 6 nitrogen and oxygen atoms in total. The fourth-order valence-corrected chi connectivity index (χ4v) is 1.97. The van der Waals surface area contributed by atoms with Gasteiger partial charge in [-0.15, -0.1) is 0 Å². The van der Waals surface area contributed by atoms with E-state index in [2.05, 4.69) is 5.32 Å². The Morgan fingerprint density at radius 2 is 1.89 bits per heavy atom. The van der Waals surface area contributed by atoms with Gasteiger partial charge >= 0.3 is 0 Å². The summed E-state index contributed by atoms with van der Waals surface area (Å²) in [6.45, 7) is 3.78. The molecule has 0 atom stereocenters. The number of piperazine rings is 1. The van der Waals surface area contributed by atoms with Crippen LogP contribution in [0.5, 0.6) is 0 Å². The lowest BCUT2D eigenvalue weighted by molar-refractivity contribution is -0.135. The average Bonchev–Trinajstić information content (AvgIpc) is 2.75.